The standard InChI is InChI=1S/C10H12N2O3S/c1-2-7-11-10-6-4-3-5-9(10)8-12(13)16(11,14)15/h3-6,8H,2,7H2,1H3. The molecule has 1 aliphatic rings. The van der Waals surface area contributed by atoms with Crippen LogP contribution in [0.1, 0.15) is 18.9 Å². The Hall–Kier alpha value is -1.56. The van der Waals surface area contributed by atoms with Crippen LogP contribution in [0.3, 0.4) is 0 Å². The lowest BCUT2D eigenvalue weighted by Crippen LogP contribution is -2.41. The Morgan fingerprint density at radius 2 is 2.06 bits per heavy atom. The lowest BCUT2D eigenvalue weighted by Gasteiger charge is -2.25. The molecular weight excluding hydrogens is 228 g/mol. The van der Waals surface area contributed by atoms with Crippen molar-refractivity contribution in [2.75, 3.05) is 10.8 Å². The topological polar surface area (TPSA) is 63.4 Å². The van der Waals surface area contributed by atoms with Gasteiger partial charge in [0.05, 0.1) is 11.3 Å². The van der Waals surface area contributed by atoms with Gasteiger partial charge in [-0.2, -0.15) is 0 Å². The first-order valence-electron chi connectivity index (χ1n) is 5.00. The summed E-state index contributed by atoms with van der Waals surface area (Å²) in [6, 6.07) is 6.94. The zero-order valence-electron chi connectivity index (χ0n) is 8.83. The fourth-order valence-corrected chi connectivity index (χ4v) is 2.93. The Morgan fingerprint density at radius 3 is 2.75 bits per heavy atom. The van der Waals surface area contributed by atoms with Crippen LogP contribution in [-0.2, 0) is 10.2 Å². The van der Waals surface area contributed by atoms with Crippen LogP contribution in [0.25, 0.3) is 0 Å². The van der Waals surface area contributed by atoms with Gasteiger partial charge in [-0.1, -0.05) is 23.2 Å². The molecule has 0 amide bonds. The van der Waals surface area contributed by atoms with Crippen LogP contribution < -0.4 is 4.31 Å². The van der Waals surface area contributed by atoms with E-state index in [0.29, 0.717) is 24.2 Å². The molecule has 16 heavy (non-hydrogen) atoms. The quantitative estimate of drug-likeness (QED) is 0.574. The van der Waals surface area contributed by atoms with Gasteiger partial charge in [0.25, 0.3) is 0 Å². The van der Waals surface area contributed by atoms with Gasteiger partial charge >= 0.3 is 10.2 Å². The van der Waals surface area contributed by atoms with Crippen molar-refractivity contribution in [2.24, 2.45) is 0 Å². The summed E-state index contributed by atoms with van der Waals surface area (Å²) in [5.74, 6) is 0. The summed E-state index contributed by atoms with van der Waals surface area (Å²) in [5, 5.41) is 11.4. The lowest BCUT2D eigenvalue weighted by atomic mass is 10.2. The summed E-state index contributed by atoms with van der Waals surface area (Å²) in [7, 11) is -3.92. The first-order chi connectivity index (χ1) is 7.57. The molecule has 0 saturated carbocycles. The number of nitrogens with zero attached hydrogens (tertiary/aromatic N) is 2. The first kappa shape index (κ1) is 10.9. The smallest absolute Gasteiger partial charge is 0.478 e. The normalized spacial score (nSPS) is 17.8. The number of hydrogen-bond acceptors (Lipinski definition) is 3. The zero-order chi connectivity index (χ0) is 11.8. The van der Waals surface area contributed by atoms with E-state index in [2.05, 4.69) is 0 Å². The fraction of sp³-hybridized carbons (Fsp3) is 0.300. The van der Waals surface area contributed by atoms with Crippen molar-refractivity contribution < 1.29 is 12.6 Å². The van der Waals surface area contributed by atoms with Gasteiger partial charge < -0.3 is 5.21 Å². The molecule has 0 aromatic heterocycles. The predicted molar refractivity (Wildman–Crippen MR) is 61.8 cm³/mol. The Morgan fingerprint density at radius 1 is 1.38 bits per heavy atom. The molecule has 2 rings (SSSR count). The van der Waals surface area contributed by atoms with Gasteiger partial charge in [0.15, 0.2) is 0 Å². The van der Waals surface area contributed by atoms with Gasteiger partial charge in [0.2, 0.25) is 6.21 Å². The van der Waals surface area contributed by atoms with Crippen molar-refractivity contribution in [1.29, 1.82) is 0 Å². The lowest BCUT2D eigenvalue weighted by molar-refractivity contribution is -0.274. The molecule has 1 aromatic rings. The third-order valence-corrected chi connectivity index (χ3v) is 3.88. The molecule has 0 unspecified atom stereocenters. The number of fused-ring (bicyclic) bond motifs is 1. The minimum atomic E-state index is -3.92. The van der Waals surface area contributed by atoms with E-state index in [-0.39, 0.29) is 4.14 Å². The van der Waals surface area contributed by atoms with E-state index in [0.717, 1.165) is 10.5 Å². The van der Waals surface area contributed by atoms with Crippen molar-refractivity contribution in [3.8, 4) is 0 Å². The van der Waals surface area contributed by atoms with Crippen molar-refractivity contribution in [2.45, 2.75) is 13.3 Å². The molecule has 0 saturated heterocycles. The molecular formula is C10H12N2O3S. The van der Waals surface area contributed by atoms with Crippen LogP contribution in [0.2, 0.25) is 0 Å². The number of benzene rings is 1. The number of hydrogen-bond donors (Lipinski definition) is 0. The highest BCUT2D eigenvalue weighted by molar-refractivity contribution is 7.87. The summed E-state index contributed by atoms with van der Waals surface area (Å²) in [6.07, 6.45) is 1.75. The number of anilines is 1. The third kappa shape index (κ3) is 1.55. The molecule has 0 N–H and O–H groups in total. The number of rotatable bonds is 2. The highest BCUT2D eigenvalue weighted by Gasteiger charge is 2.35. The second-order valence-corrected chi connectivity index (χ2v) is 5.22. The maximum absolute atomic E-state index is 11.8. The molecule has 0 fully saturated rings. The van der Waals surface area contributed by atoms with E-state index in [1.165, 1.54) is 0 Å². The maximum atomic E-state index is 11.8. The van der Waals surface area contributed by atoms with E-state index in [1.807, 2.05) is 6.92 Å². The second kappa shape index (κ2) is 3.79. The Kier molecular flexibility index (Phi) is 2.59. The highest BCUT2D eigenvalue weighted by Crippen LogP contribution is 2.26. The van der Waals surface area contributed by atoms with E-state index in [1.54, 1.807) is 24.3 Å². The van der Waals surface area contributed by atoms with Gasteiger partial charge in [-0.3, -0.25) is 0 Å². The van der Waals surface area contributed by atoms with Gasteiger partial charge in [0.1, 0.15) is 0 Å². The first-order valence-corrected chi connectivity index (χ1v) is 6.40. The van der Waals surface area contributed by atoms with Gasteiger partial charge in [-0.05, 0) is 18.6 Å². The molecule has 0 atom stereocenters. The Bertz CT molecular complexity index is 537. The SMILES string of the molecule is CCCN1c2ccccc2C=[N+]([O-])S1(=O)=O. The van der Waals surface area contributed by atoms with Crippen LogP contribution in [-0.4, -0.2) is 25.3 Å². The summed E-state index contributed by atoms with van der Waals surface area (Å²) in [6.45, 7) is 2.18. The van der Waals surface area contributed by atoms with Crippen LogP contribution in [0.4, 0.5) is 5.69 Å². The summed E-state index contributed by atoms with van der Waals surface area (Å²) < 4.78 is 24.7. The molecule has 0 spiro atoms. The monoisotopic (exact) mass is 240 g/mol. The molecule has 1 aromatic carbocycles. The van der Waals surface area contributed by atoms with Crippen LogP contribution in [0, 0.1) is 5.21 Å². The highest BCUT2D eigenvalue weighted by atomic mass is 32.2. The van der Waals surface area contributed by atoms with Crippen molar-refractivity contribution in [3.05, 3.63) is 35.0 Å². The van der Waals surface area contributed by atoms with Gasteiger partial charge in [-0.15, -0.1) is 8.42 Å². The maximum Gasteiger partial charge on any atom is 0.478 e. The van der Waals surface area contributed by atoms with E-state index < -0.39 is 10.2 Å². The Balaban J connectivity index is 2.63. The molecule has 0 bridgehead atoms. The van der Waals surface area contributed by atoms with E-state index >= 15 is 0 Å². The summed E-state index contributed by atoms with van der Waals surface area (Å²) >= 11 is 0. The molecule has 0 aliphatic carbocycles. The summed E-state index contributed by atoms with van der Waals surface area (Å²) in [5.41, 5.74) is 1.19. The molecule has 0 radical (unpaired) electrons. The molecule has 1 heterocycles. The van der Waals surface area contributed by atoms with Crippen LogP contribution in [0.5, 0.6) is 0 Å². The van der Waals surface area contributed by atoms with Gasteiger partial charge in [0, 0.05) is 6.54 Å². The van der Waals surface area contributed by atoms with Crippen LogP contribution in [0.15, 0.2) is 24.3 Å². The van der Waals surface area contributed by atoms with Crippen molar-refractivity contribution >= 4 is 22.1 Å². The zero-order valence-corrected chi connectivity index (χ0v) is 9.64. The van der Waals surface area contributed by atoms with Crippen molar-refractivity contribution in [3.63, 3.8) is 0 Å². The van der Waals surface area contributed by atoms with Gasteiger partial charge in [-0.25, -0.2) is 4.31 Å². The largest absolute Gasteiger partial charge is 0.606 e. The summed E-state index contributed by atoms with van der Waals surface area (Å²) in [4.78, 5) is 0. The average molecular weight is 240 g/mol. The molecule has 1 aliphatic heterocycles. The molecule has 86 valence electrons. The molecule has 5 nitrogen and oxygen atoms in total. The average Bonchev–Trinajstić information content (AvgIpc) is 2.25. The minimum Gasteiger partial charge on any atom is -0.606 e. The fourth-order valence-electron chi connectivity index (χ4n) is 1.66. The molecule has 6 heteroatoms. The second-order valence-electron chi connectivity index (χ2n) is 3.52. The predicted octanol–water partition coefficient (Wildman–Crippen LogP) is 1.09. The Labute approximate surface area is 94.4 Å². The third-order valence-electron chi connectivity index (χ3n) is 2.38. The number of para-hydroxylation sites is 1. The van der Waals surface area contributed by atoms with E-state index in [4.69, 9.17) is 0 Å². The minimum absolute atomic E-state index is 0.0188. The van der Waals surface area contributed by atoms with Crippen LogP contribution >= 0.6 is 0 Å². The van der Waals surface area contributed by atoms with Crippen molar-refractivity contribution in [1.82, 2.24) is 0 Å². The van der Waals surface area contributed by atoms with E-state index in [9.17, 15) is 13.6 Å².